The number of hydrogen-bond donors (Lipinski definition) is 2. The molecule has 0 saturated heterocycles. The van der Waals surface area contributed by atoms with Crippen molar-refractivity contribution in [2.75, 3.05) is 7.05 Å². The van der Waals surface area contributed by atoms with Crippen LogP contribution in [0.25, 0.3) is 0 Å². The van der Waals surface area contributed by atoms with E-state index in [0.29, 0.717) is 12.0 Å². The van der Waals surface area contributed by atoms with Gasteiger partial charge in [-0.2, -0.15) is 0 Å². The number of hydrogen-bond acceptors (Lipinski definition) is 3. The number of amides is 1. The van der Waals surface area contributed by atoms with Crippen molar-refractivity contribution in [1.82, 2.24) is 5.32 Å². The smallest absolute Gasteiger partial charge is 0.251 e. The highest BCUT2D eigenvalue weighted by atomic mass is 32.2. The predicted molar refractivity (Wildman–Crippen MR) is 60.6 cm³/mol. The van der Waals surface area contributed by atoms with Crippen molar-refractivity contribution < 1.29 is 13.2 Å². The largest absolute Gasteiger partial charge is 0.355 e. The second-order valence-corrected chi connectivity index (χ2v) is 4.83. The SMILES string of the molecule is CCc1ccc(C(=O)NC)cc1S(N)(=O)=O. The van der Waals surface area contributed by atoms with Gasteiger partial charge in [0, 0.05) is 12.6 Å². The summed E-state index contributed by atoms with van der Waals surface area (Å²) < 4.78 is 22.6. The highest BCUT2D eigenvalue weighted by Gasteiger charge is 2.15. The van der Waals surface area contributed by atoms with Gasteiger partial charge in [0.1, 0.15) is 0 Å². The molecule has 0 saturated carbocycles. The summed E-state index contributed by atoms with van der Waals surface area (Å²) in [5.41, 5.74) is 0.888. The zero-order valence-corrected chi connectivity index (χ0v) is 9.97. The number of nitrogens with one attached hydrogen (secondary N) is 1. The number of carbonyl (C=O) groups is 1. The fourth-order valence-electron chi connectivity index (χ4n) is 1.40. The zero-order valence-electron chi connectivity index (χ0n) is 9.15. The van der Waals surface area contributed by atoms with E-state index in [9.17, 15) is 13.2 Å². The lowest BCUT2D eigenvalue weighted by molar-refractivity contribution is 0.0963. The van der Waals surface area contributed by atoms with Crippen LogP contribution in [0, 0.1) is 0 Å². The normalized spacial score (nSPS) is 11.2. The van der Waals surface area contributed by atoms with Crippen LogP contribution in [0.1, 0.15) is 22.8 Å². The van der Waals surface area contributed by atoms with Crippen LogP contribution >= 0.6 is 0 Å². The molecular weight excluding hydrogens is 228 g/mol. The summed E-state index contributed by atoms with van der Waals surface area (Å²) in [6, 6.07) is 4.48. The number of primary sulfonamides is 1. The topological polar surface area (TPSA) is 89.3 Å². The van der Waals surface area contributed by atoms with Gasteiger partial charge in [-0.25, -0.2) is 13.6 Å². The van der Waals surface area contributed by atoms with E-state index in [1.54, 1.807) is 12.1 Å². The molecule has 0 bridgehead atoms. The maximum atomic E-state index is 11.3. The fourth-order valence-corrected chi connectivity index (χ4v) is 2.27. The lowest BCUT2D eigenvalue weighted by Gasteiger charge is -2.07. The van der Waals surface area contributed by atoms with Gasteiger partial charge in [0.05, 0.1) is 4.90 Å². The summed E-state index contributed by atoms with van der Waals surface area (Å²) in [5.74, 6) is -0.340. The van der Waals surface area contributed by atoms with Gasteiger partial charge in [-0.15, -0.1) is 0 Å². The zero-order chi connectivity index (χ0) is 12.3. The first-order valence-electron chi connectivity index (χ1n) is 4.78. The first kappa shape index (κ1) is 12.7. The van der Waals surface area contributed by atoms with Gasteiger partial charge in [-0.3, -0.25) is 4.79 Å². The first-order chi connectivity index (χ1) is 7.40. The number of nitrogens with two attached hydrogens (primary N) is 1. The quantitative estimate of drug-likeness (QED) is 0.796. The van der Waals surface area contributed by atoms with Crippen LogP contribution in [-0.4, -0.2) is 21.4 Å². The third-order valence-corrected chi connectivity index (χ3v) is 3.24. The molecule has 5 nitrogen and oxygen atoms in total. The summed E-state index contributed by atoms with van der Waals surface area (Å²) in [7, 11) is -2.31. The van der Waals surface area contributed by atoms with E-state index in [1.165, 1.54) is 13.1 Å². The van der Waals surface area contributed by atoms with Crippen molar-refractivity contribution in [2.24, 2.45) is 5.14 Å². The van der Waals surface area contributed by atoms with E-state index in [1.807, 2.05) is 6.92 Å². The second-order valence-electron chi connectivity index (χ2n) is 3.30. The minimum Gasteiger partial charge on any atom is -0.355 e. The van der Waals surface area contributed by atoms with Crippen LogP contribution in [0.4, 0.5) is 0 Å². The molecule has 0 fully saturated rings. The van der Waals surface area contributed by atoms with E-state index in [0.717, 1.165) is 0 Å². The molecule has 88 valence electrons. The molecule has 0 aromatic heterocycles. The summed E-state index contributed by atoms with van der Waals surface area (Å²) in [6.07, 6.45) is 0.541. The number of aryl methyl sites for hydroxylation is 1. The average molecular weight is 242 g/mol. The van der Waals surface area contributed by atoms with Gasteiger partial charge in [-0.1, -0.05) is 13.0 Å². The van der Waals surface area contributed by atoms with Crippen LogP contribution in [0.5, 0.6) is 0 Å². The van der Waals surface area contributed by atoms with Crippen molar-refractivity contribution in [3.8, 4) is 0 Å². The molecule has 3 N–H and O–H groups in total. The van der Waals surface area contributed by atoms with Crippen LogP contribution in [0.2, 0.25) is 0 Å². The molecule has 0 atom stereocenters. The Kier molecular flexibility index (Phi) is 3.66. The Morgan fingerprint density at radius 1 is 1.44 bits per heavy atom. The predicted octanol–water partition coefficient (Wildman–Crippen LogP) is 0.256. The molecule has 1 amide bonds. The lowest BCUT2D eigenvalue weighted by atomic mass is 10.1. The van der Waals surface area contributed by atoms with Gasteiger partial charge in [-0.05, 0) is 24.1 Å². The van der Waals surface area contributed by atoms with Gasteiger partial charge in [0.15, 0.2) is 0 Å². The van der Waals surface area contributed by atoms with Crippen LogP contribution < -0.4 is 10.5 Å². The summed E-state index contributed by atoms with van der Waals surface area (Å²) in [5, 5.41) is 7.51. The molecule has 0 radical (unpaired) electrons. The molecule has 0 aliphatic heterocycles. The van der Waals surface area contributed by atoms with Gasteiger partial charge < -0.3 is 5.32 Å². The van der Waals surface area contributed by atoms with E-state index in [2.05, 4.69) is 5.32 Å². The molecule has 1 rings (SSSR count). The minimum absolute atomic E-state index is 0.0103. The average Bonchev–Trinajstić information content (AvgIpc) is 2.26. The molecule has 6 heteroatoms. The standard InChI is InChI=1S/C10H14N2O3S/c1-3-7-4-5-8(10(13)12-2)6-9(7)16(11,14)15/h4-6H,3H2,1-2H3,(H,12,13)(H2,11,14,15). The first-order valence-corrected chi connectivity index (χ1v) is 6.32. The van der Waals surface area contributed by atoms with Crippen molar-refractivity contribution in [3.63, 3.8) is 0 Å². The highest BCUT2D eigenvalue weighted by Crippen LogP contribution is 2.17. The minimum atomic E-state index is -3.79. The van der Waals surface area contributed by atoms with E-state index >= 15 is 0 Å². The molecule has 16 heavy (non-hydrogen) atoms. The molecular formula is C10H14N2O3S. The Balaban J connectivity index is 3.39. The molecule has 1 aromatic rings. The number of sulfonamides is 1. The Morgan fingerprint density at radius 3 is 2.50 bits per heavy atom. The van der Waals surface area contributed by atoms with Gasteiger partial charge >= 0.3 is 0 Å². The van der Waals surface area contributed by atoms with Crippen molar-refractivity contribution in [2.45, 2.75) is 18.2 Å². The van der Waals surface area contributed by atoms with Crippen LogP contribution in [0.15, 0.2) is 23.1 Å². The molecule has 0 heterocycles. The molecule has 0 aliphatic carbocycles. The monoisotopic (exact) mass is 242 g/mol. The molecule has 0 spiro atoms. The van der Waals surface area contributed by atoms with Crippen LogP contribution in [0.3, 0.4) is 0 Å². The Labute approximate surface area is 94.7 Å². The Bertz CT molecular complexity index is 509. The van der Waals surface area contributed by atoms with E-state index in [4.69, 9.17) is 5.14 Å². The molecule has 1 aromatic carbocycles. The number of benzene rings is 1. The van der Waals surface area contributed by atoms with Crippen molar-refractivity contribution in [1.29, 1.82) is 0 Å². The third-order valence-electron chi connectivity index (χ3n) is 2.24. The third kappa shape index (κ3) is 2.59. The maximum absolute atomic E-state index is 11.3. The van der Waals surface area contributed by atoms with E-state index < -0.39 is 10.0 Å². The maximum Gasteiger partial charge on any atom is 0.251 e. The van der Waals surface area contributed by atoms with Crippen molar-refractivity contribution >= 4 is 15.9 Å². The fraction of sp³-hybridized carbons (Fsp3) is 0.300. The van der Waals surface area contributed by atoms with E-state index in [-0.39, 0.29) is 16.4 Å². The van der Waals surface area contributed by atoms with Gasteiger partial charge in [0.25, 0.3) is 5.91 Å². The van der Waals surface area contributed by atoms with Crippen molar-refractivity contribution in [3.05, 3.63) is 29.3 Å². The van der Waals surface area contributed by atoms with Gasteiger partial charge in [0.2, 0.25) is 10.0 Å². The molecule has 0 unspecified atom stereocenters. The Morgan fingerprint density at radius 2 is 2.06 bits per heavy atom. The second kappa shape index (κ2) is 4.63. The summed E-state index contributed by atoms with van der Waals surface area (Å²) in [6.45, 7) is 1.82. The lowest BCUT2D eigenvalue weighted by Crippen LogP contribution is -2.20. The summed E-state index contributed by atoms with van der Waals surface area (Å²) >= 11 is 0. The number of rotatable bonds is 3. The Hall–Kier alpha value is -1.40. The number of carbonyl (C=O) groups excluding carboxylic acids is 1. The highest BCUT2D eigenvalue weighted by molar-refractivity contribution is 7.89. The molecule has 0 aliphatic rings. The summed E-state index contributed by atoms with van der Waals surface area (Å²) in [4.78, 5) is 11.4. The van der Waals surface area contributed by atoms with Crippen LogP contribution in [-0.2, 0) is 16.4 Å².